The molecule has 0 radical (unpaired) electrons. The zero-order chi connectivity index (χ0) is 16.5. The lowest BCUT2D eigenvalue weighted by Gasteiger charge is -2.31. The van der Waals surface area contributed by atoms with Crippen molar-refractivity contribution < 1.29 is 9.53 Å². The number of ether oxygens (including phenoxy) is 1. The first-order chi connectivity index (χ1) is 11.2. The first-order valence-electron chi connectivity index (χ1n) is 8.86. The van der Waals surface area contributed by atoms with Gasteiger partial charge in [0.2, 0.25) is 5.91 Å². The fourth-order valence-electron chi connectivity index (χ4n) is 3.49. The van der Waals surface area contributed by atoms with Gasteiger partial charge in [0.25, 0.3) is 0 Å². The number of unbranched alkanes of at least 4 members (excludes halogenated alkanes) is 3. The van der Waals surface area contributed by atoms with E-state index in [0.29, 0.717) is 6.42 Å². The second-order valence-corrected chi connectivity index (χ2v) is 6.52. The summed E-state index contributed by atoms with van der Waals surface area (Å²) in [7, 11) is 1.67. The Bertz CT molecular complexity index is 485. The Morgan fingerprint density at radius 2 is 1.75 bits per heavy atom. The van der Waals surface area contributed by atoms with Crippen molar-refractivity contribution in [2.24, 2.45) is 5.73 Å². The van der Waals surface area contributed by atoms with Gasteiger partial charge in [0, 0.05) is 6.42 Å². The Morgan fingerprint density at radius 3 is 2.33 bits per heavy atom. The molecule has 4 nitrogen and oxygen atoms in total. The predicted octanol–water partition coefficient (Wildman–Crippen LogP) is 3.91. The Balaban J connectivity index is 0.00000288. The molecule has 1 aliphatic rings. The van der Waals surface area contributed by atoms with E-state index in [-0.39, 0.29) is 23.9 Å². The van der Waals surface area contributed by atoms with Crippen LogP contribution in [-0.4, -0.2) is 19.6 Å². The molecule has 2 rings (SSSR count). The average Bonchev–Trinajstić information content (AvgIpc) is 3.04. The molecule has 0 aliphatic heterocycles. The van der Waals surface area contributed by atoms with E-state index in [1.807, 2.05) is 12.1 Å². The van der Waals surface area contributed by atoms with Crippen molar-refractivity contribution in [2.45, 2.75) is 63.3 Å². The molecule has 0 bridgehead atoms. The Labute approximate surface area is 151 Å². The number of halogens is 1. The molecule has 0 saturated heterocycles. The fourth-order valence-corrected chi connectivity index (χ4v) is 3.49. The van der Waals surface area contributed by atoms with Crippen molar-refractivity contribution in [3.8, 4) is 5.75 Å². The molecule has 0 unspecified atom stereocenters. The van der Waals surface area contributed by atoms with E-state index in [2.05, 4.69) is 17.4 Å². The molecule has 1 amide bonds. The van der Waals surface area contributed by atoms with Crippen LogP contribution in [0.25, 0.3) is 0 Å². The third kappa shape index (κ3) is 5.67. The number of hydrogen-bond donors (Lipinski definition) is 2. The number of carbonyl (C=O) groups excluding carboxylic acids is 1. The number of amides is 1. The van der Waals surface area contributed by atoms with E-state index >= 15 is 0 Å². The van der Waals surface area contributed by atoms with Gasteiger partial charge in [0.1, 0.15) is 5.75 Å². The number of nitrogens with two attached hydrogens (primary N) is 1. The van der Waals surface area contributed by atoms with Crippen LogP contribution in [0.15, 0.2) is 24.3 Å². The molecule has 1 saturated carbocycles. The second kappa shape index (κ2) is 10.6. The maximum Gasteiger partial charge on any atom is 0.220 e. The summed E-state index contributed by atoms with van der Waals surface area (Å²) in [4.78, 5) is 12.4. The zero-order valence-corrected chi connectivity index (χ0v) is 15.5. The van der Waals surface area contributed by atoms with Crippen LogP contribution in [0.3, 0.4) is 0 Å². The van der Waals surface area contributed by atoms with E-state index in [1.165, 1.54) is 18.4 Å². The molecule has 3 N–H and O–H groups in total. The van der Waals surface area contributed by atoms with Gasteiger partial charge in [0.05, 0.1) is 12.6 Å². The maximum atomic E-state index is 12.4. The van der Waals surface area contributed by atoms with Crippen molar-refractivity contribution in [1.29, 1.82) is 0 Å². The first-order valence-corrected chi connectivity index (χ1v) is 8.86. The molecule has 0 aromatic heterocycles. The van der Waals surface area contributed by atoms with E-state index in [0.717, 1.165) is 50.8 Å². The number of methoxy groups -OCH3 is 1. The molecule has 1 fully saturated rings. The van der Waals surface area contributed by atoms with Crippen molar-refractivity contribution >= 4 is 18.3 Å². The van der Waals surface area contributed by atoms with Crippen LogP contribution in [0.5, 0.6) is 5.75 Å². The van der Waals surface area contributed by atoms with Gasteiger partial charge in [-0.25, -0.2) is 0 Å². The minimum Gasteiger partial charge on any atom is -0.497 e. The van der Waals surface area contributed by atoms with E-state index in [4.69, 9.17) is 10.5 Å². The molecule has 1 aromatic rings. The Hall–Kier alpha value is -1.26. The lowest BCUT2D eigenvalue weighted by Crippen LogP contribution is -2.43. The third-order valence-electron chi connectivity index (χ3n) is 4.84. The summed E-state index contributed by atoms with van der Waals surface area (Å²) >= 11 is 0. The summed E-state index contributed by atoms with van der Waals surface area (Å²) in [6.07, 6.45) is 9.21. The SMILES string of the molecule is COc1ccc(C2(NC(=O)CCCCCCN)CCCC2)cc1.Cl. The highest BCUT2D eigenvalue weighted by molar-refractivity contribution is 5.85. The van der Waals surface area contributed by atoms with Crippen molar-refractivity contribution in [3.05, 3.63) is 29.8 Å². The smallest absolute Gasteiger partial charge is 0.220 e. The summed E-state index contributed by atoms with van der Waals surface area (Å²) in [5.41, 5.74) is 6.51. The molecule has 136 valence electrons. The molecular formula is C19H31ClN2O2. The second-order valence-electron chi connectivity index (χ2n) is 6.52. The van der Waals surface area contributed by atoms with Crippen molar-refractivity contribution in [1.82, 2.24) is 5.32 Å². The van der Waals surface area contributed by atoms with Crippen LogP contribution >= 0.6 is 12.4 Å². The lowest BCUT2D eigenvalue weighted by atomic mass is 9.87. The van der Waals surface area contributed by atoms with Gasteiger partial charge >= 0.3 is 0 Å². The van der Waals surface area contributed by atoms with Crippen LogP contribution in [0.1, 0.15) is 63.4 Å². The largest absolute Gasteiger partial charge is 0.497 e. The maximum absolute atomic E-state index is 12.4. The van der Waals surface area contributed by atoms with Gasteiger partial charge < -0.3 is 15.8 Å². The van der Waals surface area contributed by atoms with Crippen LogP contribution in [-0.2, 0) is 10.3 Å². The van der Waals surface area contributed by atoms with Gasteiger partial charge in [-0.3, -0.25) is 4.79 Å². The topological polar surface area (TPSA) is 64.3 Å². The first kappa shape index (κ1) is 20.8. The van der Waals surface area contributed by atoms with Gasteiger partial charge in [-0.1, -0.05) is 37.8 Å². The van der Waals surface area contributed by atoms with Gasteiger partial charge in [0.15, 0.2) is 0 Å². The lowest BCUT2D eigenvalue weighted by molar-refractivity contribution is -0.123. The monoisotopic (exact) mass is 354 g/mol. The molecule has 0 heterocycles. The highest BCUT2D eigenvalue weighted by Crippen LogP contribution is 2.39. The molecule has 0 spiro atoms. The van der Waals surface area contributed by atoms with Crippen molar-refractivity contribution in [2.75, 3.05) is 13.7 Å². The number of carbonyl (C=O) groups is 1. The van der Waals surface area contributed by atoms with E-state index in [1.54, 1.807) is 7.11 Å². The predicted molar refractivity (Wildman–Crippen MR) is 101 cm³/mol. The molecule has 0 atom stereocenters. The highest BCUT2D eigenvalue weighted by Gasteiger charge is 2.36. The highest BCUT2D eigenvalue weighted by atomic mass is 35.5. The normalized spacial score (nSPS) is 15.6. The minimum atomic E-state index is -0.180. The van der Waals surface area contributed by atoms with Crippen LogP contribution in [0.4, 0.5) is 0 Å². The Morgan fingerprint density at radius 1 is 1.12 bits per heavy atom. The molecule has 1 aromatic carbocycles. The molecule has 1 aliphatic carbocycles. The molecule has 5 heteroatoms. The number of rotatable bonds is 9. The van der Waals surface area contributed by atoms with Crippen molar-refractivity contribution in [3.63, 3.8) is 0 Å². The molecular weight excluding hydrogens is 324 g/mol. The minimum absolute atomic E-state index is 0. The van der Waals surface area contributed by atoms with E-state index in [9.17, 15) is 4.79 Å². The Kier molecular flexibility index (Phi) is 9.16. The fraction of sp³-hybridized carbons (Fsp3) is 0.632. The quantitative estimate of drug-likeness (QED) is 0.661. The van der Waals surface area contributed by atoms with Crippen LogP contribution < -0.4 is 15.8 Å². The van der Waals surface area contributed by atoms with E-state index < -0.39 is 0 Å². The standard InChI is InChI=1S/C19H30N2O2.ClH/c1-23-17-11-9-16(10-12-17)19(13-5-6-14-19)21-18(22)8-4-2-3-7-15-20;/h9-12H,2-8,13-15,20H2,1H3,(H,21,22);1H. The van der Waals surface area contributed by atoms with Gasteiger partial charge in [-0.05, 0) is 49.9 Å². The number of benzene rings is 1. The summed E-state index contributed by atoms with van der Waals surface area (Å²) in [5, 5.41) is 3.33. The number of nitrogens with one attached hydrogen (secondary N) is 1. The number of hydrogen-bond acceptors (Lipinski definition) is 3. The summed E-state index contributed by atoms with van der Waals surface area (Å²) in [6, 6.07) is 8.14. The van der Waals surface area contributed by atoms with Crippen LogP contribution in [0.2, 0.25) is 0 Å². The summed E-state index contributed by atoms with van der Waals surface area (Å²) in [5.74, 6) is 1.03. The van der Waals surface area contributed by atoms with Gasteiger partial charge in [-0.2, -0.15) is 0 Å². The van der Waals surface area contributed by atoms with Gasteiger partial charge in [-0.15, -0.1) is 12.4 Å². The third-order valence-corrected chi connectivity index (χ3v) is 4.84. The molecule has 24 heavy (non-hydrogen) atoms. The van der Waals surface area contributed by atoms with Crippen LogP contribution in [0, 0.1) is 0 Å². The summed E-state index contributed by atoms with van der Waals surface area (Å²) in [6.45, 7) is 0.743. The average molecular weight is 355 g/mol. The summed E-state index contributed by atoms with van der Waals surface area (Å²) < 4.78 is 5.23. The zero-order valence-electron chi connectivity index (χ0n) is 14.7.